The largest absolute Gasteiger partial charge is 0.0999 e. The van der Waals surface area contributed by atoms with Crippen LogP contribution in [0.2, 0.25) is 0 Å². The van der Waals surface area contributed by atoms with Crippen molar-refractivity contribution in [2.24, 2.45) is 11.8 Å². The fourth-order valence-electron chi connectivity index (χ4n) is 2.57. The lowest BCUT2D eigenvalue weighted by Gasteiger charge is -2.28. The van der Waals surface area contributed by atoms with Crippen LogP contribution in [0.25, 0.3) is 0 Å². The molecule has 0 N–H and O–H groups in total. The molecule has 1 saturated carbocycles. The summed E-state index contributed by atoms with van der Waals surface area (Å²) in [7, 11) is 0. The minimum Gasteiger partial charge on any atom is -0.0999 e. The normalized spacial score (nSPS) is 21.1. The summed E-state index contributed by atoms with van der Waals surface area (Å²) < 4.78 is 0. The van der Waals surface area contributed by atoms with Crippen LogP contribution < -0.4 is 0 Å². The van der Waals surface area contributed by atoms with E-state index in [2.05, 4.69) is 20.4 Å². The maximum absolute atomic E-state index is 4.08. The lowest BCUT2D eigenvalue weighted by Crippen LogP contribution is -2.16. The molecular formula is C14H26. The topological polar surface area (TPSA) is 0 Å². The minimum atomic E-state index is 0.953. The molecule has 0 aliphatic heterocycles. The van der Waals surface area contributed by atoms with E-state index in [1.54, 1.807) is 0 Å². The van der Waals surface area contributed by atoms with Crippen molar-refractivity contribution in [1.29, 1.82) is 0 Å². The third-order valence-electron chi connectivity index (χ3n) is 3.81. The van der Waals surface area contributed by atoms with Crippen molar-refractivity contribution in [3.05, 3.63) is 12.2 Å². The Labute approximate surface area is 89.8 Å². The Kier molecular flexibility index (Phi) is 5.29. The number of hydrogen-bond acceptors (Lipinski definition) is 0. The summed E-state index contributed by atoms with van der Waals surface area (Å²) in [6.45, 7) is 8.82. The second-order valence-corrected chi connectivity index (χ2v) is 5.06. The molecule has 0 bridgehead atoms. The van der Waals surface area contributed by atoms with Gasteiger partial charge in [0.25, 0.3) is 0 Å². The highest BCUT2D eigenvalue weighted by Gasteiger charge is 2.20. The Bertz CT molecular complexity index is 159. The first-order valence-corrected chi connectivity index (χ1v) is 6.40. The third-order valence-corrected chi connectivity index (χ3v) is 3.81. The van der Waals surface area contributed by atoms with Gasteiger partial charge in [-0.2, -0.15) is 0 Å². The van der Waals surface area contributed by atoms with Crippen LogP contribution >= 0.6 is 0 Å². The van der Waals surface area contributed by atoms with E-state index in [0.717, 1.165) is 11.8 Å². The van der Waals surface area contributed by atoms with Gasteiger partial charge >= 0.3 is 0 Å². The lowest BCUT2D eigenvalue weighted by atomic mass is 9.77. The molecule has 0 heteroatoms. The minimum absolute atomic E-state index is 0.953. The van der Waals surface area contributed by atoms with Gasteiger partial charge in [0.05, 0.1) is 0 Å². The fourth-order valence-corrected chi connectivity index (χ4v) is 2.57. The van der Waals surface area contributed by atoms with Gasteiger partial charge in [-0.05, 0) is 37.5 Å². The second-order valence-electron chi connectivity index (χ2n) is 5.06. The summed E-state index contributed by atoms with van der Waals surface area (Å²) >= 11 is 0. The zero-order chi connectivity index (χ0) is 10.4. The third kappa shape index (κ3) is 3.86. The maximum atomic E-state index is 4.08. The van der Waals surface area contributed by atoms with E-state index in [0.29, 0.717) is 0 Å². The number of unbranched alkanes of at least 4 members (excludes halogenated alkanes) is 2. The van der Waals surface area contributed by atoms with Crippen molar-refractivity contribution in [1.82, 2.24) is 0 Å². The van der Waals surface area contributed by atoms with E-state index in [1.165, 1.54) is 56.9 Å². The first kappa shape index (κ1) is 11.8. The highest BCUT2D eigenvalue weighted by Crippen LogP contribution is 2.34. The molecule has 1 atom stereocenters. The molecule has 0 aromatic carbocycles. The molecule has 0 radical (unpaired) electrons. The average molecular weight is 194 g/mol. The van der Waals surface area contributed by atoms with Crippen LogP contribution in [-0.2, 0) is 0 Å². The first-order valence-electron chi connectivity index (χ1n) is 6.40. The Hall–Kier alpha value is -0.260. The number of rotatable bonds is 5. The summed E-state index contributed by atoms with van der Waals surface area (Å²) in [5.41, 5.74) is 1.49. The number of hydrogen-bond donors (Lipinski definition) is 0. The first-order chi connectivity index (χ1) is 6.74. The van der Waals surface area contributed by atoms with E-state index in [4.69, 9.17) is 0 Å². The summed E-state index contributed by atoms with van der Waals surface area (Å²) in [6.07, 6.45) is 11.1. The smallest absolute Gasteiger partial charge is 0.0320 e. The van der Waals surface area contributed by atoms with Crippen LogP contribution in [0.1, 0.15) is 65.2 Å². The van der Waals surface area contributed by atoms with Gasteiger partial charge in [0.15, 0.2) is 0 Å². The van der Waals surface area contributed by atoms with Gasteiger partial charge in [-0.15, -0.1) is 0 Å². The van der Waals surface area contributed by atoms with Crippen LogP contribution in [0.5, 0.6) is 0 Å². The fraction of sp³-hybridized carbons (Fsp3) is 0.857. The summed E-state index contributed by atoms with van der Waals surface area (Å²) in [6, 6.07) is 0. The van der Waals surface area contributed by atoms with Gasteiger partial charge in [-0.25, -0.2) is 0 Å². The van der Waals surface area contributed by atoms with E-state index < -0.39 is 0 Å². The molecule has 0 spiro atoms. The van der Waals surface area contributed by atoms with Crippen LogP contribution in [-0.4, -0.2) is 0 Å². The van der Waals surface area contributed by atoms with Gasteiger partial charge < -0.3 is 0 Å². The molecule has 1 unspecified atom stereocenters. The Morgan fingerprint density at radius 1 is 1.29 bits per heavy atom. The molecule has 1 aliphatic carbocycles. The van der Waals surface area contributed by atoms with Crippen molar-refractivity contribution < 1.29 is 0 Å². The molecule has 82 valence electrons. The summed E-state index contributed by atoms with van der Waals surface area (Å²) in [5, 5.41) is 0. The van der Waals surface area contributed by atoms with Crippen LogP contribution in [0.4, 0.5) is 0 Å². The van der Waals surface area contributed by atoms with Crippen molar-refractivity contribution in [2.75, 3.05) is 0 Å². The highest BCUT2D eigenvalue weighted by molar-refractivity contribution is 4.98. The van der Waals surface area contributed by atoms with E-state index >= 15 is 0 Å². The van der Waals surface area contributed by atoms with Gasteiger partial charge in [0.1, 0.15) is 0 Å². The summed E-state index contributed by atoms with van der Waals surface area (Å²) in [5.74, 6) is 1.95. The molecule has 14 heavy (non-hydrogen) atoms. The van der Waals surface area contributed by atoms with Crippen molar-refractivity contribution in [2.45, 2.75) is 65.2 Å². The van der Waals surface area contributed by atoms with Gasteiger partial charge in [0.2, 0.25) is 0 Å². The monoisotopic (exact) mass is 194 g/mol. The Morgan fingerprint density at radius 3 is 2.50 bits per heavy atom. The van der Waals surface area contributed by atoms with Crippen LogP contribution in [0, 0.1) is 11.8 Å². The zero-order valence-electron chi connectivity index (χ0n) is 10.0. The molecule has 0 heterocycles. The Balaban J connectivity index is 2.16. The van der Waals surface area contributed by atoms with Crippen molar-refractivity contribution in [3.8, 4) is 0 Å². The molecule has 1 fully saturated rings. The second kappa shape index (κ2) is 6.27. The molecule has 0 amide bonds. The molecule has 0 nitrogen and oxygen atoms in total. The van der Waals surface area contributed by atoms with Gasteiger partial charge in [-0.1, -0.05) is 51.7 Å². The summed E-state index contributed by atoms with van der Waals surface area (Å²) in [4.78, 5) is 0. The van der Waals surface area contributed by atoms with Crippen LogP contribution in [0.15, 0.2) is 12.2 Å². The molecule has 0 aromatic heterocycles. The molecule has 0 aromatic rings. The molecule has 0 saturated heterocycles. The lowest BCUT2D eigenvalue weighted by molar-refractivity contribution is 0.272. The average Bonchev–Trinajstić information content (AvgIpc) is 2.19. The quantitative estimate of drug-likeness (QED) is 0.429. The zero-order valence-corrected chi connectivity index (χ0v) is 10.0. The SMILES string of the molecule is C=C1CCC(C(C)CCCCC)CC1. The van der Waals surface area contributed by atoms with Crippen molar-refractivity contribution >= 4 is 0 Å². The van der Waals surface area contributed by atoms with Gasteiger partial charge in [0, 0.05) is 0 Å². The van der Waals surface area contributed by atoms with E-state index in [9.17, 15) is 0 Å². The van der Waals surface area contributed by atoms with Crippen LogP contribution in [0.3, 0.4) is 0 Å². The molecule has 1 rings (SSSR count). The standard InChI is InChI=1S/C14H26/c1-4-5-6-7-13(3)14-10-8-12(2)9-11-14/h13-14H,2,4-11H2,1,3H3. The maximum Gasteiger partial charge on any atom is -0.0320 e. The van der Waals surface area contributed by atoms with E-state index in [1.807, 2.05) is 0 Å². The Morgan fingerprint density at radius 2 is 1.93 bits per heavy atom. The molecular weight excluding hydrogens is 168 g/mol. The van der Waals surface area contributed by atoms with E-state index in [-0.39, 0.29) is 0 Å². The predicted octanol–water partition coefficient (Wildman–Crippen LogP) is 4.95. The molecule has 1 aliphatic rings. The predicted molar refractivity (Wildman–Crippen MR) is 64.4 cm³/mol. The number of allylic oxidation sites excluding steroid dienone is 1. The van der Waals surface area contributed by atoms with Crippen molar-refractivity contribution in [3.63, 3.8) is 0 Å². The van der Waals surface area contributed by atoms with Gasteiger partial charge in [-0.3, -0.25) is 0 Å². The highest BCUT2D eigenvalue weighted by atomic mass is 14.3.